The van der Waals surface area contributed by atoms with Crippen LogP contribution in [0, 0.1) is 5.82 Å². The highest BCUT2D eigenvalue weighted by atomic mass is 32.2. The van der Waals surface area contributed by atoms with Gasteiger partial charge in [0, 0.05) is 11.3 Å². The second-order valence-electron chi connectivity index (χ2n) is 7.74. The van der Waals surface area contributed by atoms with E-state index < -0.39 is 41.6 Å². The maximum Gasteiger partial charge on any atom is 0.352 e. The van der Waals surface area contributed by atoms with E-state index in [0.717, 1.165) is 22.6 Å². The van der Waals surface area contributed by atoms with E-state index in [9.17, 15) is 33.9 Å². The van der Waals surface area contributed by atoms with Gasteiger partial charge in [0.15, 0.2) is 0 Å². The highest BCUT2D eigenvalue weighted by molar-refractivity contribution is 8.00. The average molecular weight is 485 g/mol. The van der Waals surface area contributed by atoms with Gasteiger partial charge in [0.1, 0.15) is 22.9 Å². The summed E-state index contributed by atoms with van der Waals surface area (Å²) >= 11 is 1.22. The van der Waals surface area contributed by atoms with E-state index in [2.05, 4.69) is 5.32 Å². The lowest BCUT2D eigenvalue weighted by Gasteiger charge is -2.49. The molecular weight excluding hydrogens is 465 g/mol. The zero-order valence-electron chi connectivity index (χ0n) is 17.7. The van der Waals surface area contributed by atoms with E-state index in [1.54, 1.807) is 24.3 Å². The molecule has 2 aromatic rings. The van der Waals surface area contributed by atoms with Crippen molar-refractivity contribution >= 4 is 35.5 Å². The van der Waals surface area contributed by atoms with Crippen LogP contribution in [0.15, 0.2) is 65.9 Å². The molecule has 2 aromatic carbocycles. The SMILES string of the molecule is O=C(Cc1ccccc1)N[C@@H]1C(=O)N2C(C(=O)O)=C(CN(O)C(=O)c3ccc(F)cc3)CS[C@H]12. The van der Waals surface area contributed by atoms with Gasteiger partial charge in [-0.05, 0) is 35.4 Å². The molecule has 11 heteroatoms. The summed E-state index contributed by atoms with van der Waals surface area (Å²) in [6.07, 6.45) is 0.0832. The number of aliphatic carboxylic acids is 1. The fraction of sp³-hybridized carbons (Fsp3) is 0.217. The van der Waals surface area contributed by atoms with Gasteiger partial charge in [-0.3, -0.25) is 24.5 Å². The number of halogens is 1. The van der Waals surface area contributed by atoms with Crippen molar-refractivity contribution in [2.24, 2.45) is 0 Å². The molecular formula is C23H20FN3O6S. The highest BCUT2D eigenvalue weighted by Crippen LogP contribution is 2.40. The molecule has 4 rings (SSSR count). The second kappa shape index (κ2) is 9.65. The summed E-state index contributed by atoms with van der Waals surface area (Å²) in [4.78, 5) is 50.5. The molecule has 3 amide bonds. The van der Waals surface area contributed by atoms with Crippen LogP contribution in [0.2, 0.25) is 0 Å². The van der Waals surface area contributed by atoms with Crippen molar-refractivity contribution < 1.29 is 33.9 Å². The summed E-state index contributed by atoms with van der Waals surface area (Å²) < 4.78 is 13.1. The van der Waals surface area contributed by atoms with Gasteiger partial charge in [-0.2, -0.15) is 0 Å². The Labute approximate surface area is 197 Å². The number of carboxylic acids is 1. The van der Waals surface area contributed by atoms with Gasteiger partial charge >= 0.3 is 5.97 Å². The highest BCUT2D eigenvalue weighted by Gasteiger charge is 2.54. The van der Waals surface area contributed by atoms with Crippen molar-refractivity contribution in [1.82, 2.24) is 15.3 Å². The van der Waals surface area contributed by atoms with Crippen molar-refractivity contribution in [2.45, 2.75) is 17.8 Å². The lowest BCUT2D eigenvalue weighted by molar-refractivity contribution is -0.150. The summed E-state index contributed by atoms with van der Waals surface area (Å²) in [6.45, 7) is -0.452. The molecule has 0 spiro atoms. The van der Waals surface area contributed by atoms with E-state index in [-0.39, 0.29) is 34.9 Å². The largest absolute Gasteiger partial charge is 0.477 e. The molecule has 0 aromatic heterocycles. The molecule has 2 heterocycles. The Bertz CT molecular complexity index is 1170. The average Bonchev–Trinajstić information content (AvgIpc) is 2.82. The summed E-state index contributed by atoms with van der Waals surface area (Å²) in [5.41, 5.74) is 0.633. The maximum absolute atomic E-state index is 13.1. The molecule has 0 radical (unpaired) electrons. The van der Waals surface area contributed by atoms with Gasteiger partial charge in [0.05, 0.1) is 13.0 Å². The smallest absolute Gasteiger partial charge is 0.352 e. The van der Waals surface area contributed by atoms with E-state index in [1.165, 1.54) is 23.9 Å². The first kappa shape index (κ1) is 23.5. The standard InChI is InChI=1S/C23H20FN3O6S/c24-16-8-6-14(7-9-16)20(29)26(33)11-15-12-34-22-18(21(30)27(22)19(15)23(31)32)25-17(28)10-13-4-2-1-3-5-13/h1-9,18,22,33H,10-12H2,(H,25,28)(H,31,32)/t18-,22-/m1/s1. The predicted octanol–water partition coefficient (Wildman–Crippen LogP) is 1.64. The first-order chi connectivity index (χ1) is 16.3. The van der Waals surface area contributed by atoms with Gasteiger partial charge in [0.2, 0.25) is 5.91 Å². The van der Waals surface area contributed by atoms with Crippen LogP contribution >= 0.6 is 11.8 Å². The number of amides is 3. The Kier molecular flexibility index (Phi) is 6.66. The number of nitrogens with zero attached hydrogens (tertiary/aromatic N) is 2. The van der Waals surface area contributed by atoms with E-state index in [1.807, 2.05) is 6.07 Å². The molecule has 3 N–H and O–H groups in total. The number of hydroxylamine groups is 2. The number of rotatable bonds is 7. The number of β-lactam (4-membered cyclic amide) rings is 1. The Morgan fingerprint density at radius 1 is 1.12 bits per heavy atom. The molecule has 2 aliphatic rings. The minimum absolute atomic E-state index is 0.0175. The lowest BCUT2D eigenvalue weighted by Crippen LogP contribution is -2.70. The molecule has 0 bridgehead atoms. The lowest BCUT2D eigenvalue weighted by atomic mass is 10.0. The van der Waals surface area contributed by atoms with Gasteiger partial charge in [-0.25, -0.2) is 14.2 Å². The molecule has 34 heavy (non-hydrogen) atoms. The number of nitrogens with one attached hydrogen (secondary N) is 1. The topological polar surface area (TPSA) is 127 Å². The Morgan fingerprint density at radius 2 is 1.79 bits per heavy atom. The van der Waals surface area contributed by atoms with Crippen molar-refractivity contribution in [3.63, 3.8) is 0 Å². The van der Waals surface area contributed by atoms with Crippen molar-refractivity contribution in [3.8, 4) is 0 Å². The molecule has 1 saturated heterocycles. The molecule has 1 fully saturated rings. The minimum Gasteiger partial charge on any atom is -0.477 e. The number of thioether (sulfide) groups is 1. The zero-order valence-corrected chi connectivity index (χ0v) is 18.5. The van der Waals surface area contributed by atoms with Gasteiger partial charge in [-0.1, -0.05) is 30.3 Å². The van der Waals surface area contributed by atoms with Crippen molar-refractivity contribution in [3.05, 3.63) is 82.8 Å². The van der Waals surface area contributed by atoms with Crippen LogP contribution in [0.1, 0.15) is 15.9 Å². The van der Waals surface area contributed by atoms with E-state index in [0.29, 0.717) is 5.06 Å². The Balaban J connectivity index is 1.45. The van der Waals surface area contributed by atoms with Crippen LogP contribution in [0.25, 0.3) is 0 Å². The molecule has 176 valence electrons. The van der Waals surface area contributed by atoms with Gasteiger partial charge in [0.25, 0.3) is 11.8 Å². The third kappa shape index (κ3) is 4.66. The second-order valence-corrected chi connectivity index (χ2v) is 8.85. The number of benzene rings is 2. The number of hydrogen-bond donors (Lipinski definition) is 3. The normalized spacial score (nSPS) is 19.2. The van der Waals surface area contributed by atoms with E-state index >= 15 is 0 Å². The number of hydrogen-bond acceptors (Lipinski definition) is 6. The molecule has 2 aliphatic heterocycles. The van der Waals surface area contributed by atoms with E-state index in [4.69, 9.17) is 0 Å². The first-order valence-corrected chi connectivity index (χ1v) is 11.3. The third-order valence-corrected chi connectivity index (χ3v) is 6.78. The number of fused-ring (bicyclic) bond motifs is 1. The zero-order chi connectivity index (χ0) is 24.4. The fourth-order valence-corrected chi connectivity index (χ4v) is 5.14. The first-order valence-electron chi connectivity index (χ1n) is 10.3. The molecule has 0 saturated carbocycles. The van der Waals surface area contributed by atoms with Crippen LogP contribution < -0.4 is 5.32 Å². The van der Waals surface area contributed by atoms with Crippen LogP contribution in [-0.4, -0.2) is 67.7 Å². The Morgan fingerprint density at radius 3 is 2.44 bits per heavy atom. The molecule has 0 aliphatic carbocycles. The van der Waals surface area contributed by atoms with Crippen LogP contribution in [0.4, 0.5) is 4.39 Å². The Hall–Kier alpha value is -3.70. The molecule has 2 atom stereocenters. The summed E-state index contributed by atoms with van der Waals surface area (Å²) in [7, 11) is 0. The molecule has 9 nitrogen and oxygen atoms in total. The quantitative estimate of drug-likeness (QED) is 0.309. The van der Waals surface area contributed by atoms with Crippen molar-refractivity contribution in [1.29, 1.82) is 0 Å². The summed E-state index contributed by atoms with van der Waals surface area (Å²) in [5.74, 6) is -3.59. The summed E-state index contributed by atoms with van der Waals surface area (Å²) in [6, 6.07) is 12.6. The van der Waals surface area contributed by atoms with Gasteiger partial charge < -0.3 is 10.4 Å². The monoisotopic (exact) mass is 485 g/mol. The van der Waals surface area contributed by atoms with Crippen LogP contribution in [0.3, 0.4) is 0 Å². The molecule has 0 unspecified atom stereocenters. The van der Waals surface area contributed by atoms with Crippen LogP contribution in [-0.2, 0) is 20.8 Å². The number of carbonyl (C=O) groups is 4. The minimum atomic E-state index is -1.38. The number of carboxylic acid groups (broad SMARTS) is 1. The van der Waals surface area contributed by atoms with Crippen molar-refractivity contribution in [2.75, 3.05) is 12.3 Å². The maximum atomic E-state index is 13.1. The summed E-state index contributed by atoms with van der Waals surface area (Å²) in [5, 5.41) is 22.4. The van der Waals surface area contributed by atoms with Gasteiger partial charge in [-0.15, -0.1) is 11.8 Å². The fourth-order valence-electron chi connectivity index (χ4n) is 3.80. The van der Waals surface area contributed by atoms with Crippen LogP contribution in [0.5, 0.6) is 0 Å². The third-order valence-electron chi connectivity index (χ3n) is 5.44. The predicted molar refractivity (Wildman–Crippen MR) is 119 cm³/mol. The number of carbonyl (C=O) groups excluding carboxylic acids is 3.